The highest BCUT2D eigenvalue weighted by Gasteiger charge is 2.21. The maximum absolute atomic E-state index is 12.9. The molecule has 1 aliphatic rings. The Hall–Kier alpha value is -3.64. The molecule has 0 bridgehead atoms. The summed E-state index contributed by atoms with van der Waals surface area (Å²) in [6, 6.07) is 14.0. The van der Waals surface area contributed by atoms with E-state index in [0.717, 1.165) is 41.5 Å². The maximum Gasteiger partial charge on any atom is 0.339 e. The number of hydrogen-bond donors (Lipinski definition) is 0. The Morgan fingerprint density at radius 1 is 1.00 bits per heavy atom. The zero-order chi connectivity index (χ0) is 24.4. The second kappa shape index (κ2) is 9.92. The lowest BCUT2D eigenvalue weighted by molar-refractivity contribution is -0.132. The van der Waals surface area contributed by atoms with E-state index >= 15 is 0 Å². The first kappa shape index (κ1) is 23.1. The van der Waals surface area contributed by atoms with Crippen LogP contribution >= 0.6 is 0 Å². The van der Waals surface area contributed by atoms with Gasteiger partial charge in [-0.2, -0.15) is 0 Å². The fraction of sp³-hybridized carbons (Fsp3) is 0.310. The predicted octanol–water partition coefficient (Wildman–Crippen LogP) is 4.95. The molecule has 4 aromatic rings. The molecule has 1 aliphatic heterocycles. The first-order valence-corrected chi connectivity index (χ1v) is 12.2. The van der Waals surface area contributed by atoms with Gasteiger partial charge < -0.3 is 13.7 Å². The Morgan fingerprint density at radius 3 is 2.54 bits per heavy atom. The molecular formula is C29H30N2O4. The van der Waals surface area contributed by atoms with Crippen LogP contribution in [0.15, 0.2) is 68.4 Å². The molecule has 1 fully saturated rings. The summed E-state index contributed by atoms with van der Waals surface area (Å²) in [6.07, 6.45) is 6.69. The third kappa shape index (κ3) is 4.93. The van der Waals surface area contributed by atoms with Crippen LogP contribution in [0.2, 0.25) is 0 Å². The monoisotopic (exact) mass is 470 g/mol. The quantitative estimate of drug-likeness (QED) is 0.373. The van der Waals surface area contributed by atoms with Crippen molar-refractivity contribution in [3.8, 4) is 0 Å². The van der Waals surface area contributed by atoms with Crippen molar-refractivity contribution in [3.63, 3.8) is 0 Å². The topological polar surface area (TPSA) is 66.9 Å². The summed E-state index contributed by atoms with van der Waals surface area (Å²) < 4.78 is 11.1. The van der Waals surface area contributed by atoms with Crippen molar-refractivity contribution in [2.24, 2.45) is 0 Å². The van der Waals surface area contributed by atoms with Crippen LogP contribution in [0.1, 0.15) is 28.7 Å². The lowest BCUT2D eigenvalue weighted by Gasteiger charge is -2.34. The number of piperazine rings is 1. The Bertz CT molecular complexity index is 1440. The molecule has 0 aliphatic carbocycles. The fourth-order valence-corrected chi connectivity index (χ4v) is 4.80. The number of amides is 1. The van der Waals surface area contributed by atoms with Crippen LogP contribution < -0.4 is 5.63 Å². The molecule has 2 aromatic carbocycles. The third-order valence-electron chi connectivity index (χ3n) is 6.96. The molecule has 6 nitrogen and oxygen atoms in total. The van der Waals surface area contributed by atoms with Gasteiger partial charge in [0.1, 0.15) is 11.2 Å². The molecule has 0 saturated carbocycles. The SMILES string of the molecule is Cc1coc2cc3oc(=O)c(CCC(=O)N4CCN(C/C=C/c5ccccc5)CC4)c(C)c3cc12. The van der Waals surface area contributed by atoms with Gasteiger partial charge in [0.25, 0.3) is 0 Å². The highest BCUT2D eigenvalue weighted by atomic mass is 16.4. The summed E-state index contributed by atoms with van der Waals surface area (Å²) in [5, 5.41) is 1.90. The Balaban J connectivity index is 1.19. The zero-order valence-electron chi connectivity index (χ0n) is 20.3. The number of furan rings is 1. The molecule has 35 heavy (non-hydrogen) atoms. The van der Waals surface area contributed by atoms with Crippen molar-refractivity contribution < 1.29 is 13.6 Å². The second-order valence-corrected chi connectivity index (χ2v) is 9.25. The minimum Gasteiger partial charge on any atom is -0.464 e. The van der Waals surface area contributed by atoms with Crippen molar-refractivity contribution in [1.82, 2.24) is 9.80 Å². The van der Waals surface area contributed by atoms with Gasteiger partial charge in [-0.1, -0.05) is 42.5 Å². The number of rotatable bonds is 6. The molecule has 5 rings (SSSR count). The van der Waals surface area contributed by atoms with Crippen LogP contribution in [0.3, 0.4) is 0 Å². The van der Waals surface area contributed by atoms with E-state index in [1.165, 1.54) is 5.56 Å². The van der Waals surface area contributed by atoms with E-state index in [1.54, 1.807) is 12.3 Å². The zero-order valence-corrected chi connectivity index (χ0v) is 20.3. The average Bonchev–Trinajstić information content (AvgIpc) is 3.23. The van der Waals surface area contributed by atoms with Gasteiger partial charge in [-0.05, 0) is 43.0 Å². The van der Waals surface area contributed by atoms with Gasteiger partial charge in [-0.15, -0.1) is 0 Å². The number of fused-ring (bicyclic) bond motifs is 2. The number of carbonyl (C=O) groups is 1. The summed E-state index contributed by atoms with van der Waals surface area (Å²) in [6.45, 7) is 7.91. The average molecular weight is 471 g/mol. The van der Waals surface area contributed by atoms with E-state index in [2.05, 4.69) is 29.2 Å². The van der Waals surface area contributed by atoms with Gasteiger partial charge in [0.15, 0.2) is 0 Å². The standard InChI is InChI=1S/C29H30N2O4/c1-20-19-34-26-18-27-25(17-24(20)26)21(2)23(29(33)35-27)10-11-28(32)31-15-13-30(14-16-31)12-6-9-22-7-4-3-5-8-22/h3-9,17-19H,10-16H2,1-2H3/b9-6+. The maximum atomic E-state index is 12.9. The molecule has 0 unspecified atom stereocenters. The number of benzene rings is 2. The molecule has 0 radical (unpaired) electrons. The first-order valence-electron chi connectivity index (χ1n) is 12.2. The summed E-state index contributed by atoms with van der Waals surface area (Å²) in [5.74, 6) is 0.0875. The van der Waals surface area contributed by atoms with Crippen molar-refractivity contribution in [2.75, 3.05) is 32.7 Å². The smallest absolute Gasteiger partial charge is 0.339 e. The van der Waals surface area contributed by atoms with E-state index in [9.17, 15) is 9.59 Å². The van der Waals surface area contributed by atoms with E-state index in [1.807, 2.05) is 43.0 Å². The number of aryl methyl sites for hydroxylation is 2. The molecular weight excluding hydrogens is 440 g/mol. The van der Waals surface area contributed by atoms with Gasteiger partial charge in [-0.25, -0.2) is 4.79 Å². The molecule has 0 spiro atoms. The van der Waals surface area contributed by atoms with Crippen molar-refractivity contribution in [3.05, 3.63) is 87.5 Å². The number of carbonyl (C=O) groups excluding carboxylic acids is 1. The molecule has 6 heteroatoms. The lowest BCUT2D eigenvalue weighted by atomic mass is 10.0. The highest BCUT2D eigenvalue weighted by Crippen LogP contribution is 2.29. The second-order valence-electron chi connectivity index (χ2n) is 9.25. The van der Waals surface area contributed by atoms with Gasteiger partial charge >= 0.3 is 5.63 Å². The van der Waals surface area contributed by atoms with Crippen LogP contribution in [0.5, 0.6) is 0 Å². The minimum atomic E-state index is -0.375. The Labute approximate surface area is 204 Å². The molecule has 1 saturated heterocycles. The van der Waals surface area contributed by atoms with Crippen molar-refractivity contribution in [1.29, 1.82) is 0 Å². The fourth-order valence-electron chi connectivity index (χ4n) is 4.80. The number of hydrogen-bond acceptors (Lipinski definition) is 5. The Kier molecular flexibility index (Phi) is 6.55. The lowest BCUT2D eigenvalue weighted by Crippen LogP contribution is -2.48. The van der Waals surface area contributed by atoms with E-state index in [-0.39, 0.29) is 11.5 Å². The van der Waals surface area contributed by atoms with Gasteiger partial charge in [0, 0.05) is 61.5 Å². The first-order chi connectivity index (χ1) is 17.0. The molecule has 1 amide bonds. The van der Waals surface area contributed by atoms with Crippen molar-refractivity contribution in [2.45, 2.75) is 26.7 Å². The predicted molar refractivity (Wildman–Crippen MR) is 139 cm³/mol. The molecule has 3 heterocycles. The minimum absolute atomic E-state index is 0.0875. The highest BCUT2D eigenvalue weighted by molar-refractivity contribution is 5.96. The summed E-state index contributed by atoms with van der Waals surface area (Å²) in [7, 11) is 0. The summed E-state index contributed by atoms with van der Waals surface area (Å²) >= 11 is 0. The van der Waals surface area contributed by atoms with Crippen LogP contribution in [-0.4, -0.2) is 48.4 Å². The molecule has 0 atom stereocenters. The van der Waals surface area contributed by atoms with Crippen LogP contribution in [-0.2, 0) is 11.2 Å². The van der Waals surface area contributed by atoms with Gasteiger partial charge in [0.2, 0.25) is 5.91 Å². The third-order valence-corrected chi connectivity index (χ3v) is 6.96. The van der Waals surface area contributed by atoms with Crippen LogP contribution in [0.25, 0.3) is 28.0 Å². The largest absolute Gasteiger partial charge is 0.464 e. The van der Waals surface area contributed by atoms with Gasteiger partial charge in [-0.3, -0.25) is 9.69 Å². The molecule has 2 aromatic heterocycles. The van der Waals surface area contributed by atoms with E-state index in [4.69, 9.17) is 8.83 Å². The van der Waals surface area contributed by atoms with E-state index < -0.39 is 0 Å². The summed E-state index contributed by atoms with van der Waals surface area (Å²) in [5.41, 5.74) is 4.54. The van der Waals surface area contributed by atoms with Crippen LogP contribution in [0.4, 0.5) is 0 Å². The van der Waals surface area contributed by atoms with Crippen LogP contribution in [0, 0.1) is 13.8 Å². The molecule has 0 N–H and O–H groups in total. The van der Waals surface area contributed by atoms with Crippen molar-refractivity contribution >= 4 is 33.9 Å². The Morgan fingerprint density at radius 2 is 1.77 bits per heavy atom. The molecule has 180 valence electrons. The normalized spacial score (nSPS) is 15.0. The summed E-state index contributed by atoms with van der Waals surface area (Å²) in [4.78, 5) is 29.9. The van der Waals surface area contributed by atoms with E-state index in [0.29, 0.717) is 42.7 Å². The van der Waals surface area contributed by atoms with Gasteiger partial charge in [0.05, 0.1) is 6.26 Å². The number of nitrogens with zero attached hydrogens (tertiary/aromatic N) is 2.